The summed E-state index contributed by atoms with van der Waals surface area (Å²) in [7, 11) is 0. The van der Waals surface area contributed by atoms with Gasteiger partial charge in [0.15, 0.2) is 11.6 Å². The number of halogens is 2. The van der Waals surface area contributed by atoms with Gasteiger partial charge in [-0.25, -0.2) is 8.78 Å². The molecule has 198 valence electrons. The third-order valence-corrected chi connectivity index (χ3v) is 8.86. The van der Waals surface area contributed by atoms with Crippen molar-refractivity contribution in [1.29, 1.82) is 0 Å². The normalized spacial score (nSPS) is 20.7. The largest absolute Gasteiger partial charge is 0.384 e. The highest BCUT2D eigenvalue weighted by Crippen LogP contribution is 2.59. The molecule has 1 aliphatic carbocycles. The van der Waals surface area contributed by atoms with Crippen LogP contribution in [0.25, 0.3) is 27.5 Å². The van der Waals surface area contributed by atoms with E-state index in [1.165, 1.54) is 24.6 Å². The van der Waals surface area contributed by atoms with E-state index in [2.05, 4.69) is 26.9 Å². The number of hydrogen-bond donors (Lipinski definition) is 2. The number of rotatable bonds is 4. The van der Waals surface area contributed by atoms with Gasteiger partial charge in [-0.05, 0) is 68.4 Å². The molecular formula is C29H30F2N4O3. The molecule has 2 N–H and O–H groups in total. The van der Waals surface area contributed by atoms with Crippen LogP contribution in [-0.4, -0.2) is 63.1 Å². The summed E-state index contributed by atoms with van der Waals surface area (Å²) >= 11 is 0. The summed E-state index contributed by atoms with van der Waals surface area (Å²) in [6.45, 7) is 4.19. The number of fused-ring (bicyclic) bond motifs is 2. The Morgan fingerprint density at radius 1 is 1.13 bits per heavy atom. The van der Waals surface area contributed by atoms with Gasteiger partial charge in [0.05, 0.1) is 17.2 Å². The molecule has 2 aromatic carbocycles. The molecule has 4 aromatic rings. The molecule has 2 aliphatic heterocycles. The molecule has 3 fully saturated rings. The molecule has 38 heavy (non-hydrogen) atoms. The molecule has 7 rings (SSSR count). The number of nitrogens with one attached hydrogen (secondary N) is 1. The Morgan fingerprint density at radius 3 is 2.61 bits per heavy atom. The highest BCUT2D eigenvalue weighted by Gasteiger charge is 2.55. The fourth-order valence-corrected chi connectivity index (χ4v) is 7.10. The van der Waals surface area contributed by atoms with Crippen molar-refractivity contribution in [2.75, 3.05) is 26.3 Å². The Bertz CT molecular complexity index is 1560. The Balaban J connectivity index is 1.37. The number of nitrogens with zero attached hydrogens (tertiary/aromatic N) is 3. The van der Waals surface area contributed by atoms with Crippen LogP contribution in [0, 0.1) is 17.0 Å². The lowest BCUT2D eigenvalue weighted by Gasteiger charge is -2.59. The van der Waals surface area contributed by atoms with Crippen molar-refractivity contribution < 1.29 is 23.4 Å². The summed E-state index contributed by atoms with van der Waals surface area (Å²) in [5, 5.41) is 19.1. The van der Waals surface area contributed by atoms with Gasteiger partial charge < -0.3 is 19.3 Å². The maximum Gasteiger partial charge on any atom is 0.251 e. The molecule has 4 heterocycles. The molecule has 2 aromatic heterocycles. The van der Waals surface area contributed by atoms with Gasteiger partial charge in [-0.3, -0.25) is 9.89 Å². The van der Waals surface area contributed by atoms with Crippen LogP contribution in [0.1, 0.15) is 55.7 Å². The smallest absolute Gasteiger partial charge is 0.251 e. The molecule has 2 saturated heterocycles. The van der Waals surface area contributed by atoms with E-state index in [0.29, 0.717) is 32.0 Å². The summed E-state index contributed by atoms with van der Waals surface area (Å²) in [6.07, 6.45) is 4.43. The molecule has 0 bridgehead atoms. The van der Waals surface area contributed by atoms with Gasteiger partial charge in [0.1, 0.15) is 6.10 Å². The van der Waals surface area contributed by atoms with Crippen LogP contribution in [0.4, 0.5) is 8.78 Å². The van der Waals surface area contributed by atoms with E-state index in [-0.39, 0.29) is 23.2 Å². The zero-order valence-electron chi connectivity index (χ0n) is 21.2. The quantitative estimate of drug-likeness (QED) is 0.406. The predicted octanol–water partition coefficient (Wildman–Crippen LogP) is 4.77. The minimum atomic E-state index is -0.978. The van der Waals surface area contributed by atoms with E-state index in [1.807, 2.05) is 0 Å². The maximum absolute atomic E-state index is 14.5. The van der Waals surface area contributed by atoms with Crippen LogP contribution in [0.15, 0.2) is 36.5 Å². The van der Waals surface area contributed by atoms with Crippen molar-refractivity contribution in [2.45, 2.75) is 50.5 Å². The number of hydrogen-bond acceptors (Lipinski definition) is 4. The fraction of sp³-hybridized carbons (Fsp3) is 0.448. The number of aliphatic hydroxyl groups is 1. The summed E-state index contributed by atoms with van der Waals surface area (Å²) in [6, 6.07) is 8.36. The molecular weight excluding hydrogens is 490 g/mol. The van der Waals surface area contributed by atoms with E-state index in [1.54, 1.807) is 17.2 Å². The third-order valence-electron chi connectivity index (χ3n) is 8.86. The Kier molecular flexibility index (Phi) is 5.39. The van der Waals surface area contributed by atoms with Gasteiger partial charge in [0.25, 0.3) is 5.91 Å². The van der Waals surface area contributed by atoms with Gasteiger partial charge in [-0.2, -0.15) is 5.10 Å². The third kappa shape index (κ3) is 3.59. The second-order valence-corrected chi connectivity index (χ2v) is 11.4. The molecule has 1 atom stereocenters. The number of benzene rings is 2. The molecule has 1 spiro atoms. The van der Waals surface area contributed by atoms with Crippen molar-refractivity contribution in [3.05, 3.63) is 59.4 Å². The second-order valence-electron chi connectivity index (χ2n) is 11.4. The van der Waals surface area contributed by atoms with E-state index in [9.17, 15) is 18.7 Å². The first-order valence-electron chi connectivity index (χ1n) is 13.3. The van der Waals surface area contributed by atoms with E-state index >= 15 is 0 Å². The maximum atomic E-state index is 14.5. The van der Waals surface area contributed by atoms with Crippen molar-refractivity contribution >= 4 is 27.7 Å². The second kappa shape index (κ2) is 8.61. The number of aromatic amines is 1. The van der Waals surface area contributed by atoms with Crippen molar-refractivity contribution in [2.24, 2.45) is 5.41 Å². The number of H-pyrrole nitrogens is 1. The van der Waals surface area contributed by atoms with Crippen LogP contribution in [-0.2, 0) is 9.53 Å². The van der Waals surface area contributed by atoms with Crippen molar-refractivity contribution in [3.8, 4) is 5.69 Å². The molecule has 9 heteroatoms. The fourth-order valence-electron chi connectivity index (χ4n) is 7.10. The van der Waals surface area contributed by atoms with Gasteiger partial charge in [0, 0.05) is 65.9 Å². The van der Waals surface area contributed by atoms with Crippen LogP contribution < -0.4 is 0 Å². The number of carbonyl (C=O) groups is 1. The minimum absolute atomic E-state index is 0.0800. The summed E-state index contributed by atoms with van der Waals surface area (Å²) in [5.41, 5.74) is 5.00. The Labute approximate surface area is 218 Å². The van der Waals surface area contributed by atoms with Crippen LogP contribution in [0.5, 0.6) is 0 Å². The minimum Gasteiger partial charge on any atom is -0.384 e. The lowest BCUT2D eigenvalue weighted by molar-refractivity contribution is -0.159. The first kappa shape index (κ1) is 23.8. The number of ether oxygens (including phenoxy) is 1. The van der Waals surface area contributed by atoms with Crippen LogP contribution in [0.3, 0.4) is 0 Å². The first-order chi connectivity index (χ1) is 18.3. The van der Waals surface area contributed by atoms with E-state index in [0.717, 1.165) is 53.2 Å². The SMILES string of the molecule is C[C@@H](O)C(=O)N1CC2(CC(c3c(C4CCOCC4)n(-c4ccc(F)c(F)c4)c4cc5cn[nH]c5cc34)C2)C1. The van der Waals surface area contributed by atoms with E-state index in [4.69, 9.17) is 4.74 Å². The number of aromatic nitrogens is 3. The summed E-state index contributed by atoms with van der Waals surface area (Å²) in [4.78, 5) is 14.0. The standard InChI is InChI=1S/C29H30F2N4O3/c1-16(36)28(37)34-14-29(15-34)11-19(12-29)26-21-10-24-18(13-32-33-24)8-25(21)35(20-2-3-22(30)23(31)9-20)27(26)17-4-6-38-7-5-17/h2-3,8-10,13,16-17,19,36H,4-7,11-12,14-15H2,1H3,(H,32,33)/t16-/m1/s1. The molecule has 7 nitrogen and oxygen atoms in total. The van der Waals surface area contributed by atoms with E-state index < -0.39 is 17.7 Å². The zero-order chi connectivity index (χ0) is 26.2. The molecule has 1 saturated carbocycles. The first-order valence-corrected chi connectivity index (χ1v) is 13.3. The average Bonchev–Trinajstić information content (AvgIpc) is 3.45. The summed E-state index contributed by atoms with van der Waals surface area (Å²) in [5.74, 6) is -1.43. The lowest BCUT2D eigenvalue weighted by Crippen LogP contribution is -2.64. The Morgan fingerprint density at radius 2 is 1.89 bits per heavy atom. The Hall–Kier alpha value is -3.30. The van der Waals surface area contributed by atoms with Gasteiger partial charge >= 0.3 is 0 Å². The zero-order valence-corrected chi connectivity index (χ0v) is 21.2. The van der Waals surface area contributed by atoms with Gasteiger partial charge in [-0.15, -0.1) is 0 Å². The van der Waals surface area contributed by atoms with Gasteiger partial charge in [0.2, 0.25) is 0 Å². The number of amides is 1. The lowest BCUT2D eigenvalue weighted by atomic mass is 9.55. The average molecular weight is 521 g/mol. The van der Waals surface area contributed by atoms with Crippen molar-refractivity contribution in [3.63, 3.8) is 0 Å². The van der Waals surface area contributed by atoms with Crippen LogP contribution in [0.2, 0.25) is 0 Å². The topological polar surface area (TPSA) is 83.4 Å². The number of likely N-dealkylation sites (tertiary alicyclic amines) is 1. The number of carbonyl (C=O) groups excluding carboxylic acids is 1. The molecule has 0 unspecified atom stereocenters. The highest BCUT2D eigenvalue weighted by atomic mass is 19.2. The number of aliphatic hydroxyl groups excluding tert-OH is 1. The molecule has 1 amide bonds. The highest BCUT2D eigenvalue weighted by molar-refractivity contribution is 5.99. The molecule has 3 aliphatic rings. The summed E-state index contributed by atoms with van der Waals surface area (Å²) < 4.78 is 36.3. The molecule has 0 radical (unpaired) electrons. The monoisotopic (exact) mass is 520 g/mol. The van der Waals surface area contributed by atoms with Crippen LogP contribution >= 0.6 is 0 Å². The predicted molar refractivity (Wildman–Crippen MR) is 138 cm³/mol. The van der Waals surface area contributed by atoms with Crippen molar-refractivity contribution in [1.82, 2.24) is 19.7 Å². The van der Waals surface area contributed by atoms with Gasteiger partial charge in [-0.1, -0.05) is 0 Å².